The fourth-order valence-corrected chi connectivity index (χ4v) is 2.16. The molecule has 1 amide bonds. The molecule has 3 rings (SSSR count). The average molecular weight is 283 g/mol. The van der Waals surface area contributed by atoms with Crippen LogP contribution >= 0.6 is 0 Å². The zero-order valence-electron chi connectivity index (χ0n) is 11.7. The van der Waals surface area contributed by atoms with Crippen LogP contribution in [0.3, 0.4) is 0 Å². The molecule has 0 saturated heterocycles. The molecule has 108 valence electrons. The molecule has 0 radical (unpaired) electrons. The molecule has 0 spiro atoms. The van der Waals surface area contributed by atoms with Crippen molar-refractivity contribution < 1.29 is 14.7 Å². The number of carbonyl (C=O) groups excluding carboxylic acids is 1. The zero-order valence-corrected chi connectivity index (χ0v) is 11.7. The molecule has 1 heterocycles. The van der Waals surface area contributed by atoms with E-state index < -0.39 is 5.97 Å². The highest BCUT2D eigenvalue weighted by atomic mass is 16.4. The molecule has 0 aromatic heterocycles. The molecule has 1 unspecified atom stereocenters. The van der Waals surface area contributed by atoms with Gasteiger partial charge in [-0.15, -0.1) is 0 Å². The highest BCUT2D eigenvalue weighted by Crippen LogP contribution is 2.23. The molecular weight excluding hydrogens is 266 g/mol. The van der Waals surface area contributed by atoms with Crippen molar-refractivity contribution in [2.45, 2.75) is 19.3 Å². The highest BCUT2D eigenvalue weighted by molar-refractivity contribution is 6.17. The maximum absolute atomic E-state index is 10.7. The minimum Gasteiger partial charge on any atom is -0.481 e. The number of carboxylic acid groups (broad SMARTS) is 1. The van der Waals surface area contributed by atoms with E-state index in [1.165, 1.54) is 0 Å². The monoisotopic (exact) mass is 283 g/mol. The summed E-state index contributed by atoms with van der Waals surface area (Å²) in [5.41, 5.74) is 2.63. The molecule has 1 atom stereocenters. The van der Waals surface area contributed by atoms with Crippen LogP contribution in [0.5, 0.6) is 0 Å². The van der Waals surface area contributed by atoms with Crippen LogP contribution in [0.25, 0.3) is 0 Å². The van der Waals surface area contributed by atoms with Crippen molar-refractivity contribution in [3.05, 3.63) is 65.7 Å². The second kappa shape index (κ2) is 6.70. The lowest BCUT2D eigenvalue weighted by molar-refractivity contribution is -0.138. The second-order valence-electron chi connectivity index (χ2n) is 4.71. The minimum absolute atomic E-state index is 0.0330. The van der Waals surface area contributed by atoms with Crippen molar-refractivity contribution >= 4 is 17.6 Å². The van der Waals surface area contributed by atoms with Crippen LogP contribution in [0.4, 0.5) is 5.69 Å². The minimum atomic E-state index is -0.747. The lowest BCUT2D eigenvalue weighted by Crippen LogP contribution is -2.23. The molecule has 4 heteroatoms. The Hall–Kier alpha value is -2.62. The van der Waals surface area contributed by atoms with Crippen LogP contribution < -0.4 is 5.32 Å². The Bertz CT molecular complexity index is 637. The number of carboxylic acids is 1. The molecule has 1 aliphatic rings. The normalized spacial score (nSPS) is 12.9. The largest absolute Gasteiger partial charge is 0.481 e. The highest BCUT2D eigenvalue weighted by Gasteiger charge is 2.20. The first-order valence-electron chi connectivity index (χ1n) is 6.81. The fraction of sp³-hybridized carbons (Fsp3) is 0.176. The number of hydrogen-bond acceptors (Lipinski definition) is 2. The number of para-hydroxylation sites is 1. The Labute approximate surface area is 123 Å². The average Bonchev–Trinajstić information content (AvgIpc) is 2.48. The molecule has 4 nitrogen and oxygen atoms in total. The molecule has 2 aromatic rings. The number of anilines is 1. The first-order valence-corrected chi connectivity index (χ1v) is 6.81. The SMILES string of the molecule is CCC(C(=O)O)c1ccccc1.O=C1Nc2ccccc21. The number of hydrogen-bond donors (Lipinski definition) is 2. The molecule has 1 aliphatic heterocycles. The summed E-state index contributed by atoms with van der Waals surface area (Å²) in [5, 5.41) is 11.5. The third-order valence-corrected chi connectivity index (χ3v) is 3.33. The van der Waals surface area contributed by atoms with Gasteiger partial charge in [0.1, 0.15) is 0 Å². The van der Waals surface area contributed by atoms with Crippen molar-refractivity contribution in [2.75, 3.05) is 5.32 Å². The summed E-state index contributed by atoms with van der Waals surface area (Å²) >= 11 is 0. The van der Waals surface area contributed by atoms with Crippen molar-refractivity contribution in [1.29, 1.82) is 0 Å². The number of nitrogens with one attached hydrogen (secondary N) is 1. The van der Waals surface area contributed by atoms with Gasteiger partial charge in [-0.3, -0.25) is 9.59 Å². The Morgan fingerprint density at radius 2 is 1.71 bits per heavy atom. The van der Waals surface area contributed by atoms with E-state index in [-0.39, 0.29) is 11.8 Å². The smallest absolute Gasteiger partial charge is 0.310 e. The van der Waals surface area contributed by atoms with Gasteiger partial charge in [-0.2, -0.15) is 0 Å². The van der Waals surface area contributed by atoms with Crippen molar-refractivity contribution in [3.63, 3.8) is 0 Å². The van der Waals surface area contributed by atoms with Gasteiger partial charge < -0.3 is 10.4 Å². The second-order valence-corrected chi connectivity index (χ2v) is 4.71. The van der Waals surface area contributed by atoms with Gasteiger partial charge in [0, 0.05) is 0 Å². The quantitative estimate of drug-likeness (QED) is 0.905. The molecule has 0 saturated carbocycles. The third-order valence-electron chi connectivity index (χ3n) is 3.33. The lowest BCUT2D eigenvalue weighted by atomic mass is 9.97. The number of amides is 1. The molecule has 21 heavy (non-hydrogen) atoms. The van der Waals surface area contributed by atoms with Crippen LogP contribution in [0.15, 0.2) is 54.6 Å². The Kier molecular flexibility index (Phi) is 4.72. The van der Waals surface area contributed by atoms with E-state index in [2.05, 4.69) is 5.32 Å². The van der Waals surface area contributed by atoms with E-state index in [9.17, 15) is 9.59 Å². The molecule has 0 bridgehead atoms. The standard InChI is InChI=1S/C10H12O2.C7H5NO/c1-2-9(10(11)12)8-6-4-3-5-7-8;9-7-5-3-1-2-4-6(5)8-7/h3-7,9H,2H2,1H3,(H,11,12);1-4H,(H,8,9). The summed E-state index contributed by atoms with van der Waals surface area (Å²) < 4.78 is 0. The number of benzene rings is 2. The van der Waals surface area contributed by atoms with Crippen molar-refractivity contribution in [3.8, 4) is 0 Å². The predicted octanol–water partition coefficient (Wildman–Crippen LogP) is 3.52. The maximum Gasteiger partial charge on any atom is 0.310 e. The van der Waals surface area contributed by atoms with E-state index in [0.29, 0.717) is 6.42 Å². The topological polar surface area (TPSA) is 66.4 Å². The summed E-state index contributed by atoms with van der Waals surface area (Å²) in [4.78, 5) is 21.3. The van der Waals surface area contributed by atoms with E-state index in [4.69, 9.17) is 5.11 Å². The fourth-order valence-electron chi connectivity index (χ4n) is 2.16. The summed E-state index contributed by atoms with van der Waals surface area (Å²) in [6.07, 6.45) is 0.638. The van der Waals surface area contributed by atoms with Crippen molar-refractivity contribution in [2.24, 2.45) is 0 Å². The summed E-state index contributed by atoms with van der Waals surface area (Å²) in [6, 6.07) is 16.8. The maximum atomic E-state index is 10.7. The molecule has 2 aromatic carbocycles. The van der Waals surface area contributed by atoms with Crippen LogP contribution in [-0.4, -0.2) is 17.0 Å². The summed E-state index contributed by atoms with van der Waals surface area (Å²) in [5.74, 6) is -1.07. The summed E-state index contributed by atoms with van der Waals surface area (Å²) in [7, 11) is 0. The Balaban J connectivity index is 0.000000159. The molecule has 0 aliphatic carbocycles. The van der Waals surface area contributed by atoms with Gasteiger partial charge in [-0.1, -0.05) is 49.4 Å². The van der Waals surface area contributed by atoms with E-state index in [0.717, 1.165) is 16.8 Å². The number of fused-ring (bicyclic) bond motifs is 1. The van der Waals surface area contributed by atoms with Gasteiger partial charge in [0.05, 0.1) is 17.2 Å². The van der Waals surface area contributed by atoms with Crippen molar-refractivity contribution in [1.82, 2.24) is 0 Å². The van der Waals surface area contributed by atoms with Gasteiger partial charge in [0.25, 0.3) is 5.91 Å². The van der Waals surface area contributed by atoms with E-state index >= 15 is 0 Å². The first kappa shape index (κ1) is 14.8. The van der Waals surface area contributed by atoms with Gasteiger partial charge >= 0.3 is 5.97 Å². The predicted molar refractivity (Wildman–Crippen MR) is 81.5 cm³/mol. The molecular formula is C17H17NO3. The number of aliphatic carboxylic acids is 1. The van der Waals surface area contributed by atoms with Gasteiger partial charge in [-0.05, 0) is 24.1 Å². The van der Waals surface area contributed by atoms with Gasteiger partial charge in [-0.25, -0.2) is 0 Å². The molecule has 0 fully saturated rings. The van der Waals surface area contributed by atoms with E-state index in [1.54, 1.807) is 0 Å². The molecule has 2 N–H and O–H groups in total. The van der Waals surface area contributed by atoms with Crippen LogP contribution in [0.1, 0.15) is 35.2 Å². The number of rotatable bonds is 3. The van der Waals surface area contributed by atoms with Crippen LogP contribution in [-0.2, 0) is 4.79 Å². The van der Waals surface area contributed by atoms with Crippen LogP contribution in [0.2, 0.25) is 0 Å². The Morgan fingerprint density at radius 1 is 1.10 bits per heavy atom. The lowest BCUT2D eigenvalue weighted by Gasteiger charge is -2.17. The van der Waals surface area contributed by atoms with Gasteiger partial charge in [0.15, 0.2) is 0 Å². The Morgan fingerprint density at radius 3 is 2.19 bits per heavy atom. The summed E-state index contributed by atoms with van der Waals surface area (Å²) in [6.45, 7) is 1.88. The number of carbonyl (C=O) groups is 2. The van der Waals surface area contributed by atoms with Crippen LogP contribution in [0, 0.1) is 0 Å². The zero-order chi connectivity index (χ0) is 15.2. The van der Waals surface area contributed by atoms with E-state index in [1.807, 2.05) is 61.5 Å². The first-order chi connectivity index (χ1) is 10.1. The third kappa shape index (κ3) is 3.48. The van der Waals surface area contributed by atoms with Gasteiger partial charge in [0.2, 0.25) is 0 Å².